The number of nitrogens with zero attached hydrogens (tertiary/aromatic N) is 5. The minimum absolute atomic E-state index is 0.0512. The fraction of sp³-hybridized carbons (Fsp3) is 0.476. The van der Waals surface area contributed by atoms with Gasteiger partial charge in [-0.3, -0.25) is 9.78 Å². The summed E-state index contributed by atoms with van der Waals surface area (Å²) in [5.74, 6) is 0.364. The van der Waals surface area contributed by atoms with Crippen molar-refractivity contribution in [2.75, 3.05) is 25.1 Å². The first kappa shape index (κ1) is 19.3. The molecule has 2 aliphatic heterocycles. The summed E-state index contributed by atoms with van der Waals surface area (Å²) in [6.07, 6.45) is 3.86. The van der Waals surface area contributed by atoms with Crippen molar-refractivity contribution in [2.45, 2.75) is 45.2 Å². The topological polar surface area (TPSA) is 88.5 Å². The van der Waals surface area contributed by atoms with Gasteiger partial charge in [0.1, 0.15) is 0 Å². The van der Waals surface area contributed by atoms with Gasteiger partial charge in [-0.05, 0) is 31.4 Å². The number of anilines is 1. The summed E-state index contributed by atoms with van der Waals surface area (Å²) in [4.78, 5) is 42.1. The molecule has 0 radical (unpaired) electrons. The van der Waals surface area contributed by atoms with Gasteiger partial charge < -0.3 is 14.5 Å². The minimum atomic E-state index is -0.455. The number of esters is 1. The van der Waals surface area contributed by atoms with Crippen molar-refractivity contribution in [3.05, 3.63) is 47.0 Å². The highest BCUT2D eigenvalue weighted by Crippen LogP contribution is 2.34. The van der Waals surface area contributed by atoms with Gasteiger partial charge in [-0.2, -0.15) is 0 Å². The van der Waals surface area contributed by atoms with Crippen molar-refractivity contribution in [2.24, 2.45) is 0 Å². The molecule has 2 fully saturated rings. The molecule has 152 valence electrons. The van der Waals surface area contributed by atoms with Crippen molar-refractivity contribution >= 4 is 17.8 Å². The molecule has 4 heterocycles. The predicted octanol–water partition coefficient (Wildman–Crippen LogP) is 2.19. The molecule has 2 atom stereocenters. The second kappa shape index (κ2) is 7.42. The molecule has 1 amide bonds. The van der Waals surface area contributed by atoms with E-state index in [2.05, 4.69) is 38.4 Å². The summed E-state index contributed by atoms with van der Waals surface area (Å²) in [5, 5.41) is 0. The van der Waals surface area contributed by atoms with Gasteiger partial charge in [-0.15, -0.1) is 0 Å². The van der Waals surface area contributed by atoms with Gasteiger partial charge in [-0.1, -0.05) is 13.8 Å². The Balaban J connectivity index is 1.50. The summed E-state index contributed by atoms with van der Waals surface area (Å²) in [5.41, 5.74) is 2.80. The van der Waals surface area contributed by atoms with Gasteiger partial charge in [-0.25, -0.2) is 14.8 Å². The van der Waals surface area contributed by atoms with Crippen molar-refractivity contribution in [3.63, 3.8) is 0 Å². The molecular weight excluding hydrogens is 370 g/mol. The van der Waals surface area contributed by atoms with Gasteiger partial charge in [0.15, 0.2) is 0 Å². The Morgan fingerprint density at radius 2 is 1.86 bits per heavy atom. The Labute approximate surface area is 169 Å². The lowest BCUT2D eigenvalue weighted by molar-refractivity contribution is 0.0599. The van der Waals surface area contributed by atoms with E-state index >= 15 is 0 Å². The number of piperazine rings is 1. The van der Waals surface area contributed by atoms with Gasteiger partial charge in [0.25, 0.3) is 5.91 Å². The monoisotopic (exact) mass is 395 g/mol. The van der Waals surface area contributed by atoms with Crippen LogP contribution >= 0.6 is 0 Å². The third-order valence-corrected chi connectivity index (χ3v) is 5.66. The summed E-state index contributed by atoms with van der Waals surface area (Å²) in [6, 6.07) is 4.10. The van der Waals surface area contributed by atoms with Crippen molar-refractivity contribution in [3.8, 4) is 0 Å². The van der Waals surface area contributed by atoms with E-state index in [0.717, 1.165) is 17.8 Å². The van der Waals surface area contributed by atoms with Crippen LogP contribution in [-0.4, -0.2) is 64.0 Å². The molecule has 0 spiro atoms. The van der Waals surface area contributed by atoms with Crippen LogP contribution in [0.1, 0.15) is 58.3 Å². The van der Waals surface area contributed by atoms with E-state index in [1.54, 1.807) is 0 Å². The van der Waals surface area contributed by atoms with Crippen LogP contribution in [0.3, 0.4) is 0 Å². The highest BCUT2D eigenvalue weighted by Gasteiger charge is 2.46. The number of likely N-dealkylation sites (tertiary alicyclic amines) is 1. The number of rotatable bonds is 4. The molecule has 2 saturated heterocycles. The number of hydrogen-bond acceptors (Lipinski definition) is 7. The lowest BCUT2D eigenvalue weighted by Gasteiger charge is -2.34. The zero-order chi connectivity index (χ0) is 20.7. The number of ether oxygens (including phenoxy) is 1. The molecule has 2 aromatic heterocycles. The third-order valence-electron chi connectivity index (χ3n) is 5.66. The van der Waals surface area contributed by atoms with Gasteiger partial charge in [0.05, 0.1) is 36.0 Å². The zero-order valence-electron chi connectivity index (χ0n) is 17.1. The maximum Gasteiger partial charge on any atom is 0.341 e. The highest BCUT2D eigenvalue weighted by atomic mass is 16.5. The lowest BCUT2D eigenvalue weighted by atomic mass is 10.0. The van der Waals surface area contributed by atoms with Gasteiger partial charge in [0.2, 0.25) is 5.95 Å². The molecule has 4 rings (SSSR count). The molecule has 2 aromatic rings. The Morgan fingerprint density at radius 3 is 2.45 bits per heavy atom. The smallest absolute Gasteiger partial charge is 0.341 e. The minimum Gasteiger partial charge on any atom is -0.465 e. The van der Waals surface area contributed by atoms with E-state index in [1.165, 1.54) is 19.5 Å². The molecular formula is C21H25N5O3. The maximum absolute atomic E-state index is 13.3. The van der Waals surface area contributed by atoms with E-state index < -0.39 is 5.97 Å². The van der Waals surface area contributed by atoms with E-state index in [1.807, 2.05) is 24.0 Å². The Hall–Kier alpha value is -3.03. The van der Waals surface area contributed by atoms with Crippen LogP contribution in [0.5, 0.6) is 0 Å². The molecule has 8 heteroatoms. The van der Waals surface area contributed by atoms with E-state index in [0.29, 0.717) is 30.2 Å². The largest absolute Gasteiger partial charge is 0.465 e. The molecule has 0 aromatic carbocycles. The Morgan fingerprint density at radius 1 is 1.14 bits per heavy atom. The van der Waals surface area contributed by atoms with Crippen LogP contribution in [0.4, 0.5) is 5.95 Å². The summed E-state index contributed by atoms with van der Waals surface area (Å²) >= 11 is 0. The normalized spacial score (nSPS) is 20.4. The number of methoxy groups -OCH3 is 1. The summed E-state index contributed by atoms with van der Waals surface area (Å²) in [7, 11) is 1.33. The first-order valence-electron chi connectivity index (χ1n) is 9.84. The maximum atomic E-state index is 13.3. The molecule has 0 unspecified atom stereocenters. The molecule has 0 N–H and O–H groups in total. The molecule has 0 saturated carbocycles. The fourth-order valence-electron chi connectivity index (χ4n) is 4.21. The van der Waals surface area contributed by atoms with Gasteiger partial charge >= 0.3 is 5.97 Å². The van der Waals surface area contributed by atoms with Crippen LogP contribution in [0, 0.1) is 6.92 Å². The second-order valence-electron chi connectivity index (χ2n) is 7.96. The molecule has 2 aliphatic rings. The standard InChI is InChI=1S/C21H25N5O3/c1-12(2)18-17(6-5-13(3)24-18)19(27)25-10-16-7-15(25)11-26(16)21-22-8-14(9-23-21)20(28)29-4/h5-6,8-9,12,15-16H,7,10-11H2,1-4H3/t15-,16-/m0/s1. The average Bonchev–Trinajstić information content (AvgIpc) is 3.33. The fourth-order valence-corrected chi connectivity index (χ4v) is 4.21. The number of pyridine rings is 1. The van der Waals surface area contributed by atoms with Gasteiger partial charge in [0, 0.05) is 31.2 Å². The number of hydrogen-bond donors (Lipinski definition) is 0. The van der Waals surface area contributed by atoms with Crippen molar-refractivity contribution in [1.29, 1.82) is 0 Å². The average molecular weight is 395 g/mol. The van der Waals surface area contributed by atoms with E-state index in [4.69, 9.17) is 0 Å². The van der Waals surface area contributed by atoms with Crippen LogP contribution in [0.25, 0.3) is 0 Å². The number of amides is 1. The van der Waals surface area contributed by atoms with Crippen LogP contribution in [0.2, 0.25) is 0 Å². The van der Waals surface area contributed by atoms with Crippen molar-refractivity contribution in [1.82, 2.24) is 19.9 Å². The predicted molar refractivity (Wildman–Crippen MR) is 107 cm³/mol. The first-order chi connectivity index (χ1) is 13.9. The van der Waals surface area contributed by atoms with E-state index in [-0.39, 0.29) is 23.9 Å². The third kappa shape index (κ3) is 3.43. The Kier molecular flexibility index (Phi) is 4.94. The number of aromatic nitrogens is 3. The molecule has 29 heavy (non-hydrogen) atoms. The van der Waals surface area contributed by atoms with Crippen LogP contribution < -0.4 is 4.90 Å². The molecule has 8 nitrogen and oxygen atoms in total. The number of fused-ring (bicyclic) bond motifs is 2. The SMILES string of the molecule is COC(=O)c1cnc(N2C[C@@H]3C[C@H]2CN3C(=O)c2ccc(C)nc2C(C)C)nc1. The zero-order valence-corrected chi connectivity index (χ0v) is 17.1. The Bertz CT molecular complexity index is 944. The van der Waals surface area contributed by atoms with Crippen LogP contribution in [-0.2, 0) is 4.74 Å². The summed E-state index contributed by atoms with van der Waals surface area (Å²) < 4.78 is 4.69. The summed E-state index contributed by atoms with van der Waals surface area (Å²) in [6.45, 7) is 7.39. The molecule has 2 bridgehead atoms. The first-order valence-corrected chi connectivity index (χ1v) is 9.84. The number of carbonyl (C=O) groups excluding carboxylic acids is 2. The van der Waals surface area contributed by atoms with E-state index in [9.17, 15) is 9.59 Å². The van der Waals surface area contributed by atoms with Crippen LogP contribution in [0.15, 0.2) is 24.5 Å². The highest BCUT2D eigenvalue weighted by molar-refractivity contribution is 5.96. The van der Waals surface area contributed by atoms with Crippen molar-refractivity contribution < 1.29 is 14.3 Å². The number of carbonyl (C=O) groups is 2. The lowest BCUT2D eigenvalue weighted by Crippen LogP contribution is -2.49. The quantitative estimate of drug-likeness (QED) is 0.733. The number of aryl methyl sites for hydroxylation is 1. The molecule has 0 aliphatic carbocycles. The second-order valence-corrected chi connectivity index (χ2v) is 7.96.